The third kappa shape index (κ3) is 3.34. The van der Waals surface area contributed by atoms with Crippen LogP contribution in [0.2, 0.25) is 0 Å². The smallest absolute Gasteiger partial charge is 0.175 e. The van der Waals surface area contributed by atoms with Crippen LogP contribution in [0.25, 0.3) is 0 Å². The SMILES string of the molecule is CS(=O)(=O)c1ccc(Sc2nnccc2C(=N)N)cc1. The van der Waals surface area contributed by atoms with E-state index in [1.165, 1.54) is 30.1 Å². The lowest BCUT2D eigenvalue weighted by atomic mass is 10.3. The molecule has 1 heterocycles. The molecule has 0 atom stereocenters. The minimum atomic E-state index is -3.21. The number of nitrogens with zero attached hydrogens (tertiary/aromatic N) is 2. The zero-order chi connectivity index (χ0) is 14.8. The Bertz CT molecular complexity index is 742. The van der Waals surface area contributed by atoms with Crippen LogP contribution in [0.4, 0.5) is 0 Å². The van der Waals surface area contributed by atoms with Gasteiger partial charge in [-0.15, -0.1) is 5.10 Å². The number of rotatable bonds is 4. The summed E-state index contributed by atoms with van der Waals surface area (Å²) in [5, 5.41) is 15.7. The number of nitrogen functional groups attached to an aromatic ring is 1. The number of amidine groups is 1. The van der Waals surface area contributed by atoms with Crippen molar-refractivity contribution in [2.45, 2.75) is 14.8 Å². The Kier molecular flexibility index (Phi) is 4.05. The summed E-state index contributed by atoms with van der Waals surface area (Å²) in [5.41, 5.74) is 5.97. The summed E-state index contributed by atoms with van der Waals surface area (Å²) < 4.78 is 22.7. The zero-order valence-electron chi connectivity index (χ0n) is 10.6. The molecule has 0 unspecified atom stereocenters. The zero-order valence-corrected chi connectivity index (χ0v) is 12.2. The number of benzene rings is 1. The third-order valence-electron chi connectivity index (χ3n) is 2.44. The normalized spacial score (nSPS) is 11.2. The second-order valence-corrected chi connectivity index (χ2v) is 7.09. The summed E-state index contributed by atoms with van der Waals surface area (Å²) >= 11 is 1.27. The maximum absolute atomic E-state index is 11.4. The summed E-state index contributed by atoms with van der Waals surface area (Å²) in [6.07, 6.45) is 2.62. The van der Waals surface area contributed by atoms with Crippen LogP contribution in [0.15, 0.2) is 51.3 Å². The van der Waals surface area contributed by atoms with E-state index in [1.54, 1.807) is 18.2 Å². The highest BCUT2D eigenvalue weighted by Crippen LogP contribution is 2.28. The first-order valence-corrected chi connectivity index (χ1v) is 8.23. The molecule has 0 bridgehead atoms. The van der Waals surface area contributed by atoms with E-state index in [2.05, 4.69) is 10.2 Å². The monoisotopic (exact) mass is 308 g/mol. The Morgan fingerprint density at radius 1 is 1.25 bits per heavy atom. The molecule has 1 aromatic carbocycles. The van der Waals surface area contributed by atoms with Crippen molar-refractivity contribution in [3.63, 3.8) is 0 Å². The molecule has 1 aromatic heterocycles. The fraction of sp³-hybridized carbons (Fsp3) is 0.0833. The van der Waals surface area contributed by atoms with E-state index in [9.17, 15) is 8.42 Å². The number of nitrogens with two attached hydrogens (primary N) is 1. The maximum Gasteiger partial charge on any atom is 0.175 e. The molecular weight excluding hydrogens is 296 g/mol. The van der Waals surface area contributed by atoms with E-state index in [1.807, 2.05) is 0 Å². The fourth-order valence-corrected chi connectivity index (χ4v) is 2.97. The number of sulfone groups is 1. The van der Waals surface area contributed by atoms with E-state index in [-0.39, 0.29) is 10.7 Å². The van der Waals surface area contributed by atoms with Crippen molar-refractivity contribution < 1.29 is 8.42 Å². The Labute approximate surface area is 120 Å². The van der Waals surface area contributed by atoms with Gasteiger partial charge in [0, 0.05) is 11.2 Å². The topological polar surface area (TPSA) is 110 Å². The average Bonchev–Trinajstić information content (AvgIpc) is 2.38. The van der Waals surface area contributed by atoms with E-state index in [0.29, 0.717) is 10.6 Å². The van der Waals surface area contributed by atoms with Gasteiger partial charge in [-0.1, -0.05) is 11.8 Å². The molecule has 2 rings (SSSR count). The summed E-state index contributed by atoms with van der Waals surface area (Å²) in [6.45, 7) is 0. The highest BCUT2D eigenvalue weighted by atomic mass is 32.2. The van der Waals surface area contributed by atoms with Crippen LogP contribution in [-0.2, 0) is 9.84 Å². The predicted molar refractivity (Wildman–Crippen MR) is 76.7 cm³/mol. The van der Waals surface area contributed by atoms with Gasteiger partial charge in [-0.3, -0.25) is 5.41 Å². The van der Waals surface area contributed by atoms with Crippen molar-refractivity contribution in [3.8, 4) is 0 Å². The quantitative estimate of drug-likeness (QED) is 0.651. The van der Waals surface area contributed by atoms with Crippen LogP contribution >= 0.6 is 11.8 Å². The number of hydrogen-bond donors (Lipinski definition) is 2. The van der Waals surface area contributed by atoms with Crippen LogP contribution in [0, 0.1) is 5.41 Å². The Hall–Kier alpha value is -1.93. The van der Waals surface area contributed by atoms with Crippen molar-refractivity contribution in [1.29, 1.82) is 5.41 Å². The van der Waals surface area contributed by atoms with Crippen molar-refractivity contribution >= 4 is 27.4 Å². The lowest BCUT2D eigenvalue weighted by molar-refractivity contribution is 0.602. The van der Waals surface area contributed by atoms with Gasteiger partial charge in [-0.25, -0.2) is 8.42 Å². The van der Waals surface area contributed by atoms with Crippen LogP contribution < -0.4 is 5.73 Å². The summed E-state index contributed by atoms with van der Waals surface area (Å²) in [6, 6.07) is 8.03. The molecule has 2 aromatic rings. The van der Waals surface area contributed by atoms with Crippen molar-refractivity contribution in [1.82, 2.24) is 10.2 Å². The standard InChI is InChI=1S/C12H12N4O2S2/c1-20(17,18)9-4-2-8(3-5-9)19-12-10(11(13)14)6-7-15-16-12/h2-7H,1H3,(H3,13,14). The highest BCUT2D eigenvalue weighted by Gasteiger charge is 2.10. The molecule has 0 fully saturated rings. The molecule has 0 saturated heterocycles. The molecule has 6 nitrogen and oxygen atoms in total. The summed E-state index contributed by atoms with van der Waals surface area (Å²) in [4.78, 5) is 1.05. The van der Waals surface area contributed by atoms with Gasteiger partial charge in [0.1, 0.15) is 10.9 Å². The van der Waals surface area contributed by atoms with Gasteiger partial charge in [0.05, 0.1) is 16.7 Å². The van der Waals surface area contributed by atoms with Gasteiger partial charge >= 0.3 is 0 Å². The van der Waals surface area contributed by atoms with Gasteiger partial charge in [-0.2, -0.15) is 5.10 Å². The van der Waals surface area contributed by atoms with Crippen LogP contribution in [0.1, 0.15) is 5.56 Å². The highest BCUT2D eigenvalue weighted by molar-refractivity contribution is 7.99. The number of hydrogen-bond acceptors (Lipinski definition) is 6. The van der Waals surface area contributed by atoms with Crippen molar-refractivity contribution in [2.75, 3.05) is 6.26 Å². The molecule has 0 aliphatic carbocycles. The average molecular weight is 308 g/mol. The first-order chi connectivity index (χ1) is 9.38. The number of nitrogens with one attached hydrogen (secondary N) is 1. The summed E-state index contributed by atoms with van der Waals surface area (Å²) in [7, 11) is -3.21. The minimum absolute atomic E-state index is 0.0878. The van der Waals surface area contributed by atoms with Gasteiger partial charge in [0.2, 0.25) is 0 Å². The van der Waals surface area contributed by atoms with Crippen molar-refractivity contribution in [2.24, 2.45) is 5.73 Å². The molecule has 3 N–H and O–H groups in total. The lowest BCUT2D eigenvalue weighted by Gasteiger charge is -2.06. The molecule has 0 saturated carbocycles. The molecule has 8 heteroatoms. The van der Waals surface area contributed by atoms with Gasteiger partial charge in [-0.05, 0) is 30.3 Å². The van der Waals surface area contributed by atoms with E-state index < -0.39 is 9.84 Å². The second-order valence-electron chi connectivity index (χ2n) is 4.01. The first kappa shape index (κ1) is 14.5. The van der Waals surface area contributed by atoms with Gasteiger partial charge in [0.15, 0.2) is 9.84 Å². The molecule has 0 aliphatic rings. The summed E-state index contributed by atoms with van der Waals surface area (Å²) in [5.74, 6) is -0.0878. The largest absolute Gasteiger partial charge is 0.384 e. The van der Waals surface area contributed by atoms with Crippen LogP contribution in [0.3, 0.4) is 0 Å². The van der Waals surface area contributed by atoms with Gasteiger partial charge in [0.25, 0.3) is 0 Å². The van der Waals surface area contributed by atoms with E-state index in [4.69, 9.17) is 11.1 Å². The Morgan fingerprint density at radius 2 is 1.90 bits per heavy atom. The molecule has 0 radical (unpaired) electrons. The van der Waals surface area contributed by atoms with E-state index in [0.717, 1.165) is 11.2 Å². The molecule has 0 amide bonds. The lowest BCUT2D eigenvalue weighted by Crippen LogP contribution is -2.13. The third-order valence-corrected chi connectivity index (χ3v) is 4.57. The van der Waals surface area contributed by atoms with E-state index >= 15 is 0 Å². The fourth-order valence-electron chi connectivity index (χ4n) is 1.47. The minimum Gasteiger partial charge on any atom is -0.384 e. The Morgan fingerprint density at radius 3 is 2.45 bits per heavy atom. The van der Waals surface area contributed by atoms with Crippen LogP contribution in [-0.4, -0.2) is 30.7 Å². The maximum atomic E-state index is 11.4. The molecular formula is C12H12N4O2S2. The molecule has 104 valence electrons. The predicted octanol–water partition coefficient (Wildman–Crippen LogP) is 1.32. The van der Waals surface area contributed by atoms with Gasteiger partial charge < -0.3 is 5.73 Å². The molecule has 0 spiro atoms. The Balaban J connectivity index is 2.30. The molecule has 0 aliphatic heterocycles. The number of aromatic nitrogens is 2. The molecule has 20 heavy (non-hydrogen) atoms. The van der Waals surface area contributed by atoms with Crippen molar-refractivity contribution in [3.05, 3.63) is 42.1 Å². The van der Waals surface area contributed by atoms with Crippen LogP contribution in [0.5, 0.6) is 0 Å². The first-order valence-electron chi connectivity index (χ1n) is 5.52. The second kappa shape index (κ2) is 5.59.